The molecule has 2 aromatic rings. The summed E-state index contributed by atoms with van der Waals surface area (Å²) in [6, 6.07) is 8.57. The van der Waals surface area contributed by atoms with Gasteiger partial charge in [0.15, 0.2) is 0 Å². The monoisotopic (exact) mass is 354 g/mol. The van der Waals surface area contributed by atoms with Crippen LogP contribution in [-0.2, 0) is 11.2 Å². The van der Waals surface area contributed by atoms with E-state index >= 15 is 0 Å². The molecule has 6 heteroatoms. The molecule has 0 unspecified atom stereocenters. The van der Waals surface area contributed by atoms with Gasteiger partial charge in [-0.1, -0.05) is 28.9 Å². The van der Waals surface area contributed by atoms with E-state index in [9.17, 15) is 4.79 Å². The van der Waals surface area contributed by atoms with Gasteiger partial charge in [-0.15, -0.1) is 0 Å². The number of nitrogens with zero attached hydrogens (tertiary/aromatic N) is 4. The van der Waals surface area contributed by atoms with Crippen LogP contribution in [0.2, 0.25) is 0 Å². The van der Waals surface area contributed by atoms with Crippen LogP contribution >= 0.6 is 0 Å². The van der Waals surface area contributed by atoms with Gasteiger partial charge in [0.05, 0.1) is 0 Å². The summed E-state index contributed by atoms with van der Waals surface area (Å²) >= 11 is 0. The zero-order chi connectivity index (χ0) is 17.9. The largest absolute Gasteiger partial charge is 0.341 e. The van der Waals surface area contributed by atoms with Gasteiger partial charge in [0.1, 0.15) is 0 Å². The van der Waals surface area contributed by atoms with Crippen molar-refractivity contribution in [3.05, 3.63) is 35.7 Å². The Kier molecular flexibility index (Phi) is 5.02. The predicted molar refractivity (Wildman–Crippen MR) is 98.6 cm³/mol. The van der Waals surface area contributed by atoms with Crippen LogP contribution < -0.4 is 0 Å². The Morgan fingerprint density at radius 2 is 2.15 bits per heavy atom. The highest BCUT2D eigenvalue weighted by atomic mass is 16.5. The Hall–Kier alpha value is -2.21. The molecule has 1 atom stereocenters. The fraction of sp³-hybridized carbons (Fsp3) is 0.550. The maximum Gasteiger partial charge on any atom is 0.227 e. The molecule has 0 N–H and O–H groups in total. The molecule has 4 rings (SSSR count). The molecule has 2 fully saturated rings. The molecule has 138 valence electrons. The van der Waals surface area contributed by atoms with Crippen molar-refractivity contribution in [1.29, 1.82) is 0 Å². The minimum absolute atomic E-state index is 0.203. The maximum absolute atomic E-state index is 12.7. The molecule has 1 aromatic heterocycles. The lowest BCUT2D eigenvalue weighted by Gasteiger charge is -2.25. The molecular formula is C20H26N4O2. The average Bonchev–Trinajstić information content (AvgIpc) is 3.25. The Morgan fingerprint density at radius 1 is 1.27 bits per heavy atom. The Labute approximate surface area is 154 Å². The third-order valence-corrected chi connectivity index (χ3v) is 5.45. The second-order valence-electron chi connectivity index (χ2n) is 7.41. The highest BCUT2D eigenvalue weighted by Crippen LogP contribution is 2.22. The first-order valence-electron chi connectivity index (χ1n) is 9.60. The standard InChI is InChI=1S/C20H26N4O2/c1-15-5-2-6-16(13-15)20-21-18(26-22-20)8-9-19(25)24-12-4-11-23-10-3-7-17(23)14-24/h2,5-6,13,17H,3-4,7-12,14H2,1H3/t17-/m0/s1. The molecule has 1 amide bonds. The summed E-state index contributed by atoms with van der Waals surface area (Å²) in [7, 11) is 0. The molecule has 6 nitrogen and oxygen atoms in total. The summed E-state index contributed by atoms with van der Waals surface area (Å²) in [6.07, 6.45) is 4.48. The van der Waals surface area contributed by atoms with Crippen LogP contribution in [0.4, 0.5) is 0 Å². The lowest BCUT2D eigenvalue weighted by atomic mass is 10.1. The van der Waals surface area contributed by atoms with E-state index in [1.807, 2.05) is 36.1 Å². The van der Waals surface area contributed by atoms with Crippen LogP contribution in [0, 0.1) is 6.92 Å². The highest BCUT2D eigenvalue weighted by Gasteiger charge is 2.30. The average molecular weight is 354 g/mol. The minimum atomic E-state index is 0.203. The molecule has 3 heterocycles. The first kappa shape index (κ1) is 17.2. The number of amides is 1. The summed E-state index contributed by atoms with van der Waals surface area (Å²) < 4.78 is 5.35. The van der Waals surface area contributed by atoms with Crippen molar-refractivity contribution < 1.29 is 9.32 Å². The minimum Gasteiger partial charge on any atom is -0.341 e. The van der Waals surface area contributed by atoms with Crippen LogP contribution in [0.5, 0.6) is 0 Å². The van der Waals surface area contributed by atoms with E-state index in [1.165, 1.54) is 19.4 Å². The highest BCUT2D eigenvalue weighted by molar-refractivity contribution is 5.76. The van der Waals surface area contributed by atoms with Gasteiger partial charge < -0.3 is 9.42 Å². The quantitative estimate of drug-likeness (QED) is 0.845. The van der Waals surface area contributed by atoms with Crippen LogP contribution in [0.25, 0.3) is 11.4 Å². The van der Waals surface area contributed by atoms with Crippen LogP contribution in [0.15, 0.2) is 28.8 Å². The van der Waals surface area contributed by atoms with Gasteiger partial charge in [-0.05, 0) is 38.8 Å². The topological polar surface area (TPSA) is 62.5 Å². The van der Waals surface area contributed by atoms with Crippen molar-refractivity contribution in [2.75, 3.05) is 26.2 Å². The third kappa shape index (κ3) is 3.80. The lowest BCUT2D eigenvalue weighted by molar-refractivity contribution is -0.131. The van der Waals surface area contributed by atoms with Crippen molar-refractivity contribution in [3.63, 3.8) is 0 Å². The van der Waals surface area contributed by atoms with E-state index in [0.29, 0.717) is 30.6 Å². The lowest BCUT2D eigenvalue weighted by Crippen LogP contribution is -2.39. The van der Waals surface area contributed by atoms with E-state index in [2.05, 4.69) is 15.0 Å². The SMILES string of the molecule is Cc1cccc(-c2noc(CCC(=O)N3CCCN4CCC[C@H]4C3)n2)c1. The first-order chi connectivity index (χ1) is 12.7. The van der Waals surface area contributed by atoms with Crippen molar-refractivity contribution >= 4 is 5.91 Å². The van der Waals surface area contributed by atoms with Gasteiger partial charge in [-0.25, -0.2) is 0 Å². The van der Waals surface area contributed by atoms with Crippen molar-refractivity contribution in [2.24, 2.45) is 0 Å². The number of carbonyl (C=O) groups excluding carboxylic acids is 1. The summed E-state index contributed by atoms with van der Waals surface area (Å²) in [5, 5.41) is 4.06. The van der Waals surface area contributed by atoms with Crippen LogP contribution in [-0.4, -0.2) is 58.1 Å². The number of hydrogen-bond donors (Lipinski definition) is 0. The maximum atomic E-state index is 12.7. The van der Waals surface area contributed by atoms with E-state index in [0.717, 1.165) is 37.2 Å². The van der Waals surface area contributed by atoms with Crippen molar-refractivity contribution in [2.45, 2.75) is 45.1 Å². The molecule has 2 saturated heterocycles. The Morgan fingerprint density at radius 3 is 3.04 bits per heavy atom. The van der Waals surface area contributed by atoms with Gasteiger partial charge in [0.2, 0.25) is 17.6 Å². The summed E-state index contributed by atoms with van der Waals surface area (Å²) in [4.78, 5) is 21.7. The van der Waals surface area contributed by atoms with E-state index < -0.39 is 0 Å². The van der Waals surface area contributed by atoms with Crippen molar-refractivity contribution in [1.82, 2.24) is 19.9 Å². The number of hydrogen-bond acceptors (Lipinski definition) is 5. The summed E-state index contributed by atoms with van der Waals surface area (Å²) in [5.74, 6) is 1.33. The summed E-state index contributed by atoms with van der Waals surface area (Å²) in [6.45, 7) is 6.09. The van der Waals surface area contributed by atoms with Gasteiger partial charge in [-0.3, -0.25) is 9.69 Å². The van der Waals surface area contributed by atoms with Crippen LogP contribution in [0.3, 0.4) is 0 Å². The molecule has 0 radical (unpaired) electrons. The molecule has 1 aromatic carbocycles. The number of fused-ring (bicyclic) bond motifs is 1. The molecule has 2 aliphatic rings. The van der Waals surface area contributed by atoms with Gasteiger partial charge in [-0.2, -0.15) is 4.98 Å². The number of aryl methyl sites for hydroxylation is 2. The fourth-order valence-corrected chi connectivity index (χ4v) is 4.06. The fourth-order valence-electron chi connectivity index (χ4n) is 4.06. The Bertz CT molecular complexity index is 773. The predicted octanol–water partition coefficient (Wildman–Crippen LogP) is 2.67. The molecule has 26 heavy (non-hydrogen) atoms. The molecule has 0 saturated carbocycles. The number of benzene rings is 1. The number of carbonyl (C=O) groups is 1. The molecule has 2 aliphatic heterocycles. The smallest absolute Gasteiger partial charge is 0.227 e. The molecule has 0 bridgehead atoms. The second-order valence-corrected chi connectivity index (χ2v) is 7.41. The zero-order valence-electron chi connectivity index (χ0n) is 15.4. The van der Waals surface area contributed by atoms with E-state index in [-0.39, 0.29) is 5.91 Å². The normalized spacial score (nSPS) is 20.8. The third-order valence-electron chi connectivity index (χ3n) is 5.45. The molecular weight excluding hydrogens is 328 g/mol. The Balaban J connectivity index is 1.34. The van der Waals surface area contributed by atoms with E-state index in [1.54, 1.807) is 0 Å². The first-order valence-corrected chi connectivity index (χ1v) is 9.60. The van der Waals surface area contributed by atoms with Crippen molar-refractivity contribution in [3.8, 4) is 11.4 Å². The second kappa shape index (κ2) is 7.58. The number of aromatic nitrogens is 2. The van der Waals surface area contributed by atoms with Gasteiger partial charge >= 0.3 is 0 Å². The summed E-state index contributed by atoms with van der Waals surface area (Å²) in [5.41, 5.74) is 2.10. The van der Waals surface area contributed by atoms with Crippen LogP contribution in [0.1, 0.15) is 37.1 Å². The molecule has 0 spiro atoms. The van der Waals surface area contributed by atoms with Gasteiger partial charge in [0.25, 0.3) is 0 Å². The zero-order valence-corrected chi connectivity index (χ0v) is 15.4. The van der Waals surface area contributed by atoms with Gasteiger partial charge in [0, 0.05) is 44.1 Å². The number of rotatable bonds is 4. The molecule has 0 aliphatic carbocycles. The van der Waals surface area contributed by atoms with E-state index in [4.69, 9.17) is 4.52 Å².